The minimum atomic E-state index is -0.639. The van der Waals surface area contributed by atoms with E-state index in [0.29, 0.717) is 24.4 Å². The standard InChI is InChI=1S/C16H20N2O3/c1-11-6-7-18(10-15(11)19)16(20)12(2)21-14-5-3-4-13(8-14)9-17/h3-5,8,11-12,15,19H,6-7,10H2,1-2H3. The number of β-amino-alcohol motifs (C(OH)–C–C–N with tert-alkyl or cyclic N) is 1. The maximum absolute atomic E-state index is 12.3. The van der Waals surface area contributed by atoms with Gasteiger partial charge in [-0.15, -0.1) is 0 Å². The first-order valence-electron chi connectivity index (χ1n) is 7.15. The summed E-state index contributed by atoms with van der Waals surface area (Å²) in [7, 11) is 0. The van der Waals surface area contributed by atoms with Gasteiger partial charge in [0.05, 0.1) is 17.7 Å². The summed E-state index contributed by atoms with van der Waals surface area (Å²) < 4.78 is 5.61. The van der Waals surface area contributed by atoms with Gasteiger partial charge in [-0.1, -0.05) is 13.0 Å². The number of rotatable bonds is 3. The van der Waals surface area contributed by atoms with Crippen molar-refractivity contribution in [2.45, 2.75) is 32.5 Å². The van der Waals surface area contributed by atoms with Crippen molar-refractivity contribution in [1.82, 2.24) is 4.90 Å². The molecule has 0 bridgehead atoms. The molecule has 1 aliphatic heterocycles. The third kappa shape index (κ3) is 3.73. The Balaban J connectivity index is 1.98. The summed E-state index contributed by atoms with van der Waals surface area (Å²) in [5, 5.41) is 18.7. The summed E-state index contributed by atoms with van der Waals surface area (Å²) in [5.41, 5.74) is 0.495. The Bertz CT molecular complexity index is 553. The van der Waals surface area contributed by atoms with E-state index >= 15 is 0 Å². The lowest BCUT2D eigenvalue weighted by molar-refractivity contribution is -0.142. The van der Waals surface area contributed by atoms with Gasteiger partial charge in [0.25, 0.3) is 5.91 Å². The molecule has 0 aliphatic carbocycles. The molecule has 1 heterocycles. The molecule has 0 radical (unpaired) electrons. The number of amides is 1. The van der Waals surface area contributed by atoms with E-state index in [9.17, 15) is 9.90 Å². The number of ether oxygens (including phenoxy) is 1. The number of nitriles is 1. The quantitative estimate of drug-likeness (QED) is 0.916. The maximum atomic E-state index is 12.3. The fraction of sp³-hybridized carbons (Fsp3) is 0.500. The minimum absolute atomic E-state index is 0.136. The van der Waals surface area contributed by atoms with Crippen molar-refractivity contribution in [2.24, 2.45) is 5.92 Å². The summed E-state index contributed by atoms with van der Waals surface area (Å²) in [4.78, 5) is 14.0. The Morgan fingerprint density at radius 3 is 3.00 bits per heavy atom. The predicted octanol–water partition coefficient (Wildman–Crippen LogP) is 1.55. The fourth-order valence-electron chi connectivity index (χ4n) is 2.40. The van der Waals surface area contributed by atoms with Crippen molar-refractivity contribution in [3.63, 3.8) is 0 Å². The number of carbonyl (C=O) groups is 1. The molecule has 1 aromatic carbocycles. The van der Waals surface area contributed by atoms with Gasteiger partial charge in [0, 0.05) is 13.1 Å². The molecule has 1 aliphatic rings. The zero-order chi connectivity index (χ0) is 15.4. The van der Waals surface area contributed by atoms with Crippen LogP contribution in [-0.2, 0) is 4.79 Å². The van der Waals surface area contributed by atoms with Crippen molar-refractivity contribution in [3.8, 4) is 11.8 Å². The number of aliphatic hydroxyl groups is 1. The number of benzene rings is 1. The second kappa shape index (κ2) is 6.59. The Kier molecular flexibility index (Phi) is 4.81. The predicted molar refractivity (Wildman–Crippen MR) is 77.6 cm³/mol. The Labute approximate surface area is 124 Å². The van der Waals surface area contributed by atoms with Gasteiger partial charge in [0.15, 0.2) is 6.10 Å². The summed E-state index contributed by atoms with van der Waals surface area (Å²) >= 11 is 0. The second-order valence-electron chi connectivity index (χ2n) is 5.52. The van der Waals surface area contributed by atoms with E-state index in [4.69, 9.17) is 10.00 Å². The fourth-order valence-corrected chi connectivity index (χ4v) is 2.40. The second-order valence-corrected chi connectivity index (χ2v) is 5.52. The molecule has 3 unspecified atom stereocenters. The van der Waals surface area contributed by atoms with Crippen LogP contribution in [0.2, 0.25) is 0 Å². The van der Waals surface area contributed by atoms with Crippen molar-refractivity contribution in [3.05, 3.63) is 29.8 Å². The van der Waals surface area contributed by atoms with Crippen LogP contribution in [0.5, 0.6) is 5.75 Å². The average molecular weight is 288 g/mol. The van der Waals surface area contributed by atoms with Crippen molar-refractivity contribution in [1.29, 1.82) is 5.26 Å². The molecule has 112 valence electrons. The molecule has 2 rings (SSSR count). The summed E-state index contributed by atoms with van der Waals surface area (Å²) in [6.07, 6.45) is -0.319. The molecule has 5 heteroatoms. The third-order valence-electron chi connectivity index (χ3n) is 3.85. The molecule has 21 heavy (non-hydrogen) atoms. The van der Waals surface area contributed by atoms with Gasteiger partial charge in [0.2, 0.25) is 0 Å². The van der Waals surface area contributed by atoms with Crippen LogP contribution in [0.1, 0.15) is 25.8 Å². The Hall–Kier alpha value is -2.06. The lowest BCUT2D eigenvalue weighted by Gasteiger charge is -2.35. The van der Waals surface area contributed by atoms with Gasteiger partial charge < -0.3 is 14.7 Å². The highest BCUT2D eigenvalue weighted by Crippen LogP contribution is 2.19. The van der Waals surface area contributed by atoms with Crippen LogP contribution >= 0.6 is 0 Å². The number of hydrogen-bond donors (Lipinski definition) is 1. The number of carbonyl (C=O) groups excluding carboxylic acids is 1. The van der Waals surface area contributed by atoms with E-state index in [2.05, 4.69) is 0 Å². The van der Waals surface area contributed by atoms with Gasteiger partial charge in [0.1, 0.15) is 5.75 Å². The van der Waals surface area contributed by atoms with E-state index in [0.717, 1.165) is 6.42 Å². The summed E-state index contributed by atoms with van der Waals surface area (Å²) in [6.45, 7) is 4.67. The highest BCUT2D eigenvalue weighted by atomic mass is 16.5. The van der Waals surface area contributed by atoms with E-state index in [1.54, 1.807) is 36.1 Å². The van der Waals surface area contributed by atoms with Gasteiger partial charge in [-0.3, -0.25) is 4.79 Å². The number of likely N-dealkylation sites (tertiary alicyclic amines) is 1. The van der Waals surface area contributed by atoms with Gasteiger partial charge in [-0.25, -0.2) is 0 Å². The molecular formula is C16H20N2O3. The van der Waals surface area contributed by atoms with E-state index in [-0.39, 0.29) is 11.8 Å². The number of aliphatic hydroxyl groups excluding tert-OH is 1. The molecule has 0 saturated carbocycles. The van der Waals surface area contributed by atoms with Gasteiger partial charge >= 0.3 is 0 Å². The molecule has 1 aromatic rings. The largest absolute Gasteiger partial charge is 0.481 e. The molecular weight excluding hydrogens is 268 g/mol. The van der Waals surface area contributed by atoms with Crippen LogP contribution in [0.15, 0.2) is 24.3 Å². The molecule has 1 N–H and O–H groups in total. The van der Waals surface area contributed by atoms with Crippen molar-refractivity contribution in [2.75, 3.05) is 13.1 Å². The van der Waals surface area contributed by atoms with Gasteiger partial charge in [-0.2, -0.15) is 5.26 Å². The monoisotopic (exact) mass is 288 g/mol. The summed E-state index contributed by atoms with van der Waals surface area (Å²) in [6, 6.07) is 8.77. The lowest BCUT2D eigenvalue weighted by atomic mass is 9.96. The van der Waals surface area contributed by atoms with E-state index in [1.165, 1.54) is 0 Å². The lowest BCUT2D eigenvalue weighted by Crippen LogP contribution is -2.49. The molecule has 1 saturated heterocycles. The average Bonchev–Trinajstić information content (AvgIpc) is 2.49. The maximum Gasteiger partial charge on any atom is 0.263 e. The molecule has 3 atom stereocenters. The molecule has 0 spiro atoms. The zero-order valence-electron chi connectivity index (χ0n) is 12.3. The molecule has 5 nitrogen and oxygen atoms in total. The van der Waals surface area contributed by atoms with E-state index in [1.807, 2.05) is 13.0 Å². The minimum Gasteiger partial charge on any atom is -0.481 e. The summed E-state index contributed by atoms with van der Waals surface area (Å²) in [5.74, 6) is 0.585. The highest BCUT2D eigenvalue weighted by molar-refractivity contribution is 5.81. The topological polar surface area (TPSA) is 73.6 Å². The first kappa shape index (κ1) is 15.3. The van der Waals surface area contributed by atoms with Crippen LogP contribution < -0.4 is 4.74 Å². The highest BCUT2D eigenvalue weighted by Gasteiger charge is 2.30. The first-order valence-corrected chi connectivity index (χ1v) is 7.15. The zero-order valence-corrected chi connectivity index (χ0v) is 12.3. The van der Waals surface area contributed by atoms with Crippen molar-refractivity contribution < 1.29 is 14.6 Å². The van der Waals surface area contributed by atoms with Crippen LogP contribution in [0.3, 0.4) is 0 Å². The molecule has 1 fully saturated rings. The molecule has 0 aromatic heterocycles. The van der Waals surface area contributed by atoms with Crippen LogP contribution in [0.4, 0.5) is 0 Å². The number of piperidine rings is 1. The van der Waals surface area contributed by atoms with Crippen LogP contribution in [0, 0.1) is 17.2 Å². The first-order chi connectivity index (χ1) is 10.0. The van der Waals surface area contributed by atoms with Crippen molar-refractivity contribution >= 4 is 5.91 Å². The van der Waals surface area contributed by atoms with Crippen LogP contribution in [0.25, 0.3) is 0 Å². The van der Waals surface area contributed by atoms with Gasteiger partial charge in [-0.05, 0) is 37.5 Å². The van der Waals surface area contributed by atoms with E-state index < -0.39 is 12.2 Å². The smallest absolute Gasteiger partial charge is 0.263 e. The number of hydrogen-bond acceptors (Lipinski definition) is 4. The number of nitrogens with zero attached hydrogens (tertiary/aromatic N) is 2. The molecule has 1 amide bonds. The normalized spacial score (nSPS) is 23.2. The third-order valence-corrected chi connectivity index (χ3v) is 3.85. The SMILES string of the molecule is CC(Oc1cccc(C#N)c1)C(=O)N1CCC(C)C(O)C1. The Morgan fingerprint density at radius 1 is 1.57 bits per heavy atom. The Morgan fingerprint density at radius 2 is 2.33 bits per heavy atom. The van der Waals surface area contributed by atoms with Crippen LogP contribution in [-0.4, -0.2) is 41.2 Å².